The number of nitrogens with one attached hydrogen (secondary N) is 1. The van der Waals surface area contributed by atoms with Crippen LogP contribution >= 0.6 is 11.6 Å². The van der Waals surface area contributed by atoms with Crippen molar-refractivity contribution in [3.8, 4) is 17.1 Å². The minimum Gasteiger partial charge on any atom is -0.497 e. The molecule has 1 heterocycles. The summed E-state index contributed by atoms with van der Waals surface area (Å²) in [5.41, 5.74) is 2.72. The Morgan fingerprint density at radius 1 is 0.968 bits per heavy atom. The van der Waals surface area contributed by atoms with E-state index in [2.05, 4.69) is 15.4 Å². The van der Waals surface area contributed by atoms with E-state index < -0.39 is 0 Å². The number of aromatic nitrogens is 3. The van der Waals surface area contributed by atoms with E-state index in [0.717, 1.165) is 22.4 Å². The van der Waals surface area contributed by atoms with Gasteiger partial charge >= 0.3 is 0 Å². The summed E-state index contributed by atoms with van der Waals surface area (Å²) in [6.45, 7) is 0.486. The second-order valence-corrected chi connectivity index (χ2v) is 7.37. The van der Waals surface area contributed by atoms with Crippen LogP contribution in [0.3, 0.4) is 0 Å². The molecule has 0 radical (unpaired) electrons. The maximum Gasteiger partial charge on any atom is 0.254 e. The Morgan fingerprint density at radius 3 is 2.32 bits per heavy atom. The molecule has 0 unspecified atom stereocenters. The fourth-order valence-corrected chi connectivity index (χ4v) is 3.21. The first-order valence-corrected chi connectivity index (χ1v) is 10.2. The van der Waals surface area contributed by atoms with E-state index in [0.29, 0.717) is 23.3 Å². The summed E-state index contributed by atoms with van der Waals surface area (Å²) < 4.78 is 6.52. The van der Waals surface area contributed by atoms with Crippen molar-refractivity contribution in [3.63, 3.8) is 0 Å². The molecule has 0 saturated heterocycles. The predicted octanol–water partition coefficient (Wildman–Crippen LogP) is 5.10. The van der Waals surface area contributed by atoms with E-state index in [4.69, 9.17) is 16.3 Å². The number of benzene rings is 3. The lowest BCUT2D eigenvalue weighted by Crippen LogP contribution is -2.18. The monoisotopic (exact) mass is 432 g/mol. The Bertz CT molecular complexity index is 1160. The SMILES string of the molecule is COc1ccc(CC(=O)n2nc(-c3ccccc3)nc2NCc2ccc(Cl)cc2)cc1. The van der Waals surface area contributed by atoms with Crippen molar-refractivity contribution < 1.29 is 9.53 Å². The molecule has 156 valence electrons. The van der Waals surface area contributed by atoms with Gasteiger partial charge in [0.05, 0.1) is 13.5 Å². The molecule has 3 aromatic carbocycles. The van der Waals surface area contributed by atoms with Crippen LogP contribution in [-0.4, -0.2) is 27.8 Å². The van der Waals surface area contributed by atoms with Gasteiger partial charge < -0.3 is 10.1 Å². The van der Waals surface area contributed by atoms with Gasteiger partial charge in [0, 0.05) is 17.1 Å². The lowest BCUT2D eigenvalue weighted by molar-refractivity contribution is 0.0901. The minimum atomic E-state index is -0.182. The van der Waals surface area contributed by atoms with Crippen LogP contribution in [0.4, 0.5) is 5.95 Å². The summed E-state index contributed by atoms with van der Waals surface area (Å²) in [6, 6.07) is 24.5. The molecule has 0 fully saturated rings. The Balaban J connectivity index is 1.59. The highest BCUT2D eigenvalue weighted by molar-refractivity contribution is 6.30. The van der Waals surface area contributed by atoms with Crippen molar-refractivity contribution in [2.75, 3.05) is 12.4 Å². The smallest absolute Gasteiger partial charge is 0.254 e. The molecule has 31 heavy (non-hydrogen) atoms. The number of ether oxygens (including phenoxy) is 1. The van der Waals surface area contributed by atoms with Gasteiger partial charge in [-0.2, -0.15) is 9.67 Å². The molecule has 6 nitrogen and oxygen atoms in total. The van der Waals surface area contributed by atoms with Gasteiger partial charge in [-0.3, -0.25) is 4.79 Å². The highest BCUT2D eigenvalue weighted by atomic mass is 35.5. The van der Waals surface area contributed by atoms with Crippen LogP contribution in [0.25, 0.3) is 11.4 Å². The molecule has 7 heteroatoms. The lowest BCUT2D eigenvalue weighted by atomic mass is 10.1. The quantitative estimate of drug-likeness (QED) is 0.440. The Kier molecular flexibility index (Phi) is 6.29. The maximum absolute atomic E-state index is 13.1. The maximum atomic E-state index is 13.1. The summed E-state index contributed by atoms with van der Waals surface area (Å²) in [5, 5.41) is 8.39. The number of hydrogen-bond donors (Lipinski definition) is 1. The molecule has 1 N–H and O–H groups in total. The molecular formula is C24H21ClN4O2. The first kappa shape index (κ1) is 20.6. The van der Waals surface area contributed by atoms with Crippen LogP contribution in [0.5, 0.6) is 5.75 Å². The zero-order valence-electron chi connectivity index (χ0n) is 17.0. The van der Waals surface area contributed by atoms with Crippen LogP contribution in [0, 0.1) is 0 Å². The number of methoxy groups -OCH3 is 1. The Labute approximate surface area is 185 Å². The Morgan fingerprint density at radius 2 is 1.65 bits per heavy atom. The number of halogens is 1. The molecular weight excluding hydrogens is 412 g/mol. The second-order valence-electron chi connectivity index (χ2n) is 6.94. The normalized spacial score (nSPS) is 10.6. The van der Waals surface area contributed by atoms with Crippen molar-refractivity contribution in [2.45, 2.75) is 13.0 Å². The first-order valence-electron chi connectivity index (χ1n) is 9.79. The van der Waals surface area contributed by atoms with Crippen molar-refractivity contribution >= 4 is 23.5 Å². The van der Waals surface area contributed by atoms with Crippen molar-refractivity contribution in [3.05, 3.63) is 95.0 Å². The number of hydrogen-bond acceptors (Lipinski definition) is 5. The zero-order chi connectivity index (χ0) is 21.6. The molecule has 4 rings (SSSR count). The van der Waals surface area contributed by atoms with Crippen LogP contribution in [0.1, 0.15) is 15.9 Å². The van der Waals surface area contributed by atoms with E-state index in [1.807, 2.05) is 78.9 Å². The number of anilines is 1. The third-order valence-electron chi connectivity index (χ3n) is 4.75. The molecule has 0 aliphatic rings. The second kappa shape index (κ2) is 9.45. The Hall–Kier alpha value is -3.64. The molecule has 0 spiro atoms. The third kappa shape index (κ3) is 5.10. The molecule has 0 atom stereocenters. The van der Waals surface area contributed by atoms with Crippen LogP contribution in [0.2, 0.25) is 5.02 Å². The van der Waals surface area contributed by atoms with E-state index in [9.17, 15) is 4.79 Å². The third-order valence-corrected chi connectivity index (χ3v) is 5.01. The number of carbonyl (C=O) groups is 1. The molecule has 0 amide bonds. The standard InChI is InChI=1S/C24H21ClN4O2/c1-31-21-13-9-17(10-14-21)15-22(30)29-24(26-16-18-7-11-20(25)12-8-18)27-23(28-29)19-5-3-2-4-6-19/h2-14H,15-16H2,1H3,(H,26,27,28). The average Bonchev–Trinajstić information content (AvgIpc) is 3.24. The first-order chi connectivity index (χ1) is 15.1. The van der Waals surface area contributed by atoms with Gasteiger partial charge in [0.25, 0.3) is 5.91 Å². The largest absolute Gasteiger partial charge is 0.497 e. The van der Waals surface area contributed by atoms with Gasteiger partial charge in [-0.25, -0.2) is 0 Å². The van der Waals surface area contributed by atoms with Crippen molar-refractivity contribution in [1.82, 2.24) is 14.8 Å². The highest BCUT2D eigenvalue weighted by Crippen LogP contribution is 2.20. The van der Waals surface area contributed by atoms with Crippen molar-refractivity contribution in [2.24, 2.45) is 0 Å². The van der Waals surface area contributed by atoms with Gasteiger partial charge in [0.15, 0.2) is 5.82 Å². The van der Waals surface area contributed by atoms with E-state index in [1.54, 1.807) is 7.11 Å². The molecule has 0 bridgehead atoms. The van der Waals surface area contributed by atoms with Gasteiger partial charge in [-0.15, -0.1) is 5.10 Å². The number of rotatable bonds is 7. The molecule has 0 aliphatic carbocycles. The highest BCUT2D eigenvalue weighted by Gasteiger charge is 2.17. The van der Waals surface area contributed by atoms with Gasteiger partial charge in [0.1, 0.15) is 5.75 Å². The summed E-state index contributed by atoms with van der Waals surface area (Å²) in [7, 11) is 1.61. The molecule has 0 saturated carbocycles. The molecule has 4 aromatic rings. The number of nitrogens with zero attached hydrogens (tertiary/aromatic N) is 3. The van der Waals surface area contributed by atoms with E-state index in [-0.39, 0.29) is 12.3 Å². The topological polar surface area (TPSA) is 69.0 Å². The molecule has 0 aliphatic heterocycles. The zero-order valence-corrected chi connectivity index (χ0v) is 17.7. The van der Waals surface area contributed by atoms with Gasteiger partial charge in [-0.1, -0.05) is 66.2 Å². The van der Waals surface area contributed by atoms with Crippen LogP contribution in [0.15, 0.2) is 78.9 Å². The van der Waals surface area contributed by atoms with Crippen LogP contribution in [-0.2, 0) is 13.0 Å². The van der Waals surface area contributed by atoms with E-state index >= 15 is 0 Å². The summed E-state index contributed by atoms with van der Waals surface area (Å²) >= 11 is 5.96. The van der Waals surface area contributed by atoms with Gasteiger partial charge in [0.2, 0.25) is 5.95 Å². The minimum absolute atomic E-state index is 0.182. The van der Waals surface area contributed by atoms with Crippen LogP contribution < -0.4 is 10.1 Å². The predicted molar refractivity (Wildman–Crippen MR) is 122 cm³/mol. The fourth-order valence-electron chi connectivity index (χ4n) is 3.09. The average molecular weight is 433 g/mol. The summed E-state index contributed by atoms with van der Waals surface area (Å²) in [6.07, 6.45) is 0.192. The van der Waals surface area contributed by atoms with Crippen molar-refractivity contribution in [1.29, 1.82) is 0 Å². The summed E-state index contributed by atoms with van der Waals surface area (Å²) in [4.78, 5) is 17.6. The molecule has 1 aromatic heterocycles. The van der Waals surface area contributed by atoms with Gasteiger partial charge in [-0.05, 0) is 35.4 Å². The fraction of sp³-hybridized carbons (Fsp3) is 0.125. The number of carbonyl (C=O) groups excluding carboxylic acids is 1. The van der Waals surface area contributed by atoms with E-state index in [1.165, 1.54) is 4.68 Å². The lowest BCUT2D eigenvalue weighted by Gasteiger charge is -2.08. The summed E-state index contributed by atoms with van der Waals surface area (Å²) in [5.74, 6) is 1.45.